The predicted molar refractivity (Wildman–Crippen MR) is 74.2 cm³/mol. The summed E-state index contributed by atoms with van der Waals surface area (Å²) < 4.78 is 57.2. The summed E-state index contributed by atoms with van der Waals surface area (Å²) in [4.78, 5) is 12.0. The molecule has 1 aliphatic heterocycles. The molecule has 1 heterocycles. The van der Waals surface area contributed by atoms with E-state index < -0.39 is 23.0 Å². The SMILES string of the molecule is O=C(NCC1(c2cc(F)cc(C(F)(F)F)c2)CC1)[C@H]1CCOC1. The van der Waals surface area contributed by atoms with Crippen LogP contribution in [0.2, 0.25) is 0 Å². The number of benzene rings is 1. The molecule has 1 aliphatic carbocycles. The van der Waals surface area contributed by atoms with E-state index in [1.54, 1.807) is 0 Å². The van der Waals surface area contributed by atoms with Crippen molar-refractivity contribution in [2.45, 2.75) is 30.9 Å². The van der Waals surface area contributed by atoms with Crippen LogP contribution < -0.4 is 5.32 Å². The number of ether oxygens (including phenoxy) is 1. The first-order valence-corrected chi connectivity index (χ1v) is 7.54. The summed E-state index contributed by atoms with van der Waals surface area (Å²) in [6, 6.07) is 2.61. The highest BCUT2D eigenvalue weighted by Crippen LogP contribution is 2.49. The Balaban J connectivity index is 1.73. The predicted octanol–water partition coefficient (Wildman–Crippen LogP) is 3.03. The van der Waals surface area contributed by atoms with Crippen molar-refractivity contribution in [2.75, 3.05) is 19.8 Å². The number of rotatable bonds is 4. The number of amides is 1. The first-order valence-electron chi connectivity index (χ1n) is 7.54. The van der Waals surface area contributed by atoms with Gasteiger partial charge in [-0.2, -0.15) is 13.2 Å². The number of halogens is 4. The first-order chi connectivity index (χ1) is 10.8. The molecule has 1 N–H and O–H groups in total. The van der Waals surface area contributed by atoms with Crippen molar-refractivity contribution >= 4 is 5.91 Å². The van der Waals surface area contributed by atoms with Gasteiger partial charge in [0.15, 0.2) is 0 Å². The van der Waals surface area contributed by atoms with Crippen molar-refractivity contribution in [3.63, 3.8) is 0 Å². The van der Waals surface area contributed by atoms with Crippen molar-refractivity contribution in [3.8, 4) is 0 Å². The molecule has 1 atom stereocenters. The van der Waals surface area contributed by atoms with E-state index in [1.807, 2.05) is 0 Å². The maximum absolute atomic E-state index is 13.6. The molecule has 0 spiro atoms. The van der Waals surface area contributed by atoms with Gasteiger partial charge < -0.3 is 10.1 Å². The van der Waals surface area contributed by atoms with Crippen LogP contribution >= 0.6 is 0 Å². The quantitative estimate of drug-likeness (QED) is 0.862. The molecule has 126 valence electrons. The Morgan fingerprint density at radius 2 is 2.04 bits per heavy atom. The lowest BCUT2D eigenvalue weighted by atomic mass is 9.93. The molecule has 3 rings (SSSR count). The van der Waals surface area contributed by atoms with Crippen LogP contribution in [-0.2, 0) is 21.1 Å². The monoisotopic (exact) mass is 331 g/mol. The molecule has 1 aromatic carbocycles. The molecule has 23 heavy (non-hydrogen) atoms. The first kappa shape index (κ1) is 16.2. The minimum Gasteiger partial charge on any atom is -0.381 e. The van der Waals surface area contributed by atoms with Crippen molar-refractivity contribution < 1.29 is 27.1 Å². The van der Waals surface area contributed by atoms with Gasteiger partial charge in [0, 0.05) is 18.6 Å². The Kier molecular flexibility index (Phi) is 4.08. The Labute approximate surface area is 131 Å². The minimum atomic E-state index is -4.59. The summed E-state index contributed by atoms with van der Waals surface area (Å²) in [5, 5.41) is 2.78. The third kappa shape index (κ3) is 3.49. The molecule has 1 saturated carbocycles. The third-order valence-corrected chi connectivity index (χ3v) is 4.59. The number of nitrogens with one attached hydrogen (secondary N) is 1. The summed E-state index contributed by atoms with van der Waals surface area (Å²) in [6.07, 6.45) is -2.67. The van der Waals surface area contributed by atoms with Crippen LogP contribution in [0.1, 0.15) is 30.4 Å². The van der Waals surface area contributed by atoms with Gasteiger partial charge in [0.05, 0.1) is 18.1 Å². The van der Waals surface area contributed by atoms with E-state index in [4.69, 9.17) is 4.74 Å². The van der Waals surface area contributed by atoms with E-state index in [0.717, 1.165) is 12.1 Å². The van der Waals surface area contributed by atoms with Crippen LogP contribution in [0.25, 0.3) is 0 Å². The Bertz CT molecular complexity index is 605. The van der Waals surface area contributed by atoms with Crippen LogP contribution in [0.15, 0.2) is 18.2 Å². The molecule has 2 aliphatic rings. The van der Waals surface area contributed by atoms with Crippen molar-refractivity contribution in [3.05, 3.63) is 35.1 Å². The number of carbonyl (C=O) groups is 1. The molecule has 1 aromatic rings. The van der Waals surface area contributed by atoms with Gasteiger partial charge in [-0.05, 0) is 43.0 Å². The largest absolute Gasteiger partial charge is 0.416 e. The zero-order chi connectivity index (χ0) is 16.7. The maximum atomic E-state index is 13.6. The van der Waals surface area contributed by atoms with E-state index in [1.165, 1.54) is 0 Å². The zero-order valence-electron chi connectivity index (χ0n) is 12.4. The van der Waals surface area contributed by atoms with Gasteiger partial charge >= 0.3 is 6.18 Å². The minimum absolute atomic E-state index is 0.152. The van der Waals surface area contributed by atoms with E-state index in [9.17, 15) is 22.4 Å². The van der Waals surface area contributed by atoms with Crippen LogP contribution in [0.3, 0.4) is 0 Å². The molecule has 0 radical (unpaired) electrons. The standard InChI is InChI=1S/C16H17F4NO2/c17-13-6-11(5-12(7-13)16(18,19)20)15(2-3-15)9-21-14(22)10-1-4-23-8-10/h5-7,10H,1-4,8-9H2,(H,21,22)/t10-/m0/s1. The van der Waals surface area contributed by atoms with Crippen LogP contribution in [0.5, 0.6) is 0 Å². The summed E-state index contributed by atoms with van der Waals surface area (Å²) in [5.41, 5.74) is -1.28. The number of carbonyl (C=O) groups excluding carboxylic acids is 1. The van der Waals surface area contributed by atoms with E-state index >= 15 is 0 Å². The summed E-state index contributed by atoms with van der Waals surface area (Å²) in [7, 11) is 0. The summed E-state index contributed by atoms with van der Waals surface area (Å²) in [6.45, 7) is 1.14. The number of hydrogen-bond acceptors (Lipinski definition) is 2. The number of hydrogen-bond donors (Lipinski definition) is 1. The normalized spacial score (nSPS) is 22.9. The average Bonchev–Trinajstić information content (AvgIpc) is 3.07. The lowest BCUT2D eigenvalue weighted by Gasteiger charge is -2.19. The molecule has 0 aromatic heterocycles. The fraction of sp³-hybridized carbons (Fsp3) is 0.562. The topological polar surface area (TPSA) is 38.3 Å². The molecular formula is C16H17F4NO2. The highest BCUT2D eigenvalue weighted by molar-refractivity contribution is 5.79. The van der Waals surface area contributed by atoms with Crippen LogP contribution in [-0.4, -0.2) is 25.7 Å². The molecule has 3 nitrogen and oxygen atoms in total. The van der Waals surface area contributed by atoms with Gasteiger partial charge in [0.2, 0.25) is 5.91 Å². The van der Waals surface area contributed by atoms with Crippen molar-refractivity contribution in [1.82, 2.24) is 5.32 Å². The number of alkyl halides is 3. The molecule has 1 amide bonds. The Hall–Kier alpha value is -1.63. The maximum Gasteiger partial charge on any atom is 0.416 e. The molecule has 0 unspecified atom stereocenters. The van der Waals surface area contributed by atoms with Crippen molar-refractivity contribution in [1.29, 1.82) is 0 Å². The third-order valence-electron chi connectivity index (χ3n) is 4.59. The van der Waals surface area contributed by atoms with E-state index in [2.05, 4.69) is 5.32 Å². The fourth-order valence-corrected chi connectivity index (χ4v) is 2.92. The van der Waals surface area contributed by atoms with Gasteiger partial charge in [-0.3, -0.25) is 4.79 Å². The van der Waals surface area contributed by atoms with E-state index in [0.29, 0.717) is 44.1 Å². The summed E-state index contributed by atoms with van der Waals surface area (Å²) >= 11 is 0. The highest BCUT2D eigenvalue weighted by Gasteiger charge is 2.46. The van der Waals surface area contributed by atoms with Gasteiger partial charge in [-0.25, -0.2) is 4.39 Å². The van der Waals surface area contributed by atoms with Gasteiger partial charge in [-0.1, -0.05) is 0 Å². The van der Waals surface area contributed by atoms with Gasteiger partial charge in [-0.15, -0.1) is 0 Å². The Morgan fingerprint density at radius 3 is 2.61 bits per heavy atom. The summed E-state index contributed by atoms with van der Waals surface area (Å²) in [5.74, 6) is -1.26. The lowest BCUT2D eigenvalue weighted by molar-refractivity contribution is -0.137. The lowest BCUT2D eigenvalue weighted by Crippen LogP contribution is -2.36. The average molecular weight is 331 g/mol. The molecular weight excluding hydrogens is 314 g/mol. The molecule has 7 heteroatoms. The van der Waals surface area contributed by atoms with Gasteiger partial charge in [0.1, 0.15) is 5.82 Å². The van der Waals surface area contributed by atoms with E-state index in [-0.39, 0.29) is 18.4 Å². The van der Waals surface area contributed by atoms with Crippen LogP contribution in [0, 0.1) is 11.7 Å². The van der Waals surface area contributed by atoms with Gasteiger partial charge in [0.25, 0.3) is 0 Å². The Morgan fingerprint density at radius 1 is 1.30 bits per heavy atom. The molecule has 0 bridgehead atoms. The highest BCUT2D eigenvalue weighted by atomic mass is 19.4. The van der Waals surface area contributed by atoms with Crippen molar-refractivity contribution in [2.24, 2.45) is 5.92 Å². The second-order valence-corrected chi connectivity index (χ2v) is 6.28. The van der Waals surface area contributed by atoms with Crippen LogP contribution in [0.4, 0.5) is 17.6 Å². The zero-order valence-corrected chi connectivity index (χ0v) is 12.4. The smallest absolute Gasteiger partial charge is 0.381 e. The fourth-order valence-electron chi connectivity index (χ4n) is 2.92. The second-order valence-electron chi connectivity index (χ2n) is 6.28. The molecule has 1 saturated heterocycles. The second kappa shape index (κ2) is 5.78. The molecule has 2 fully saturated rings.